The number of pyridine rings is 1. The summed E-state index contributed by atoms with van der Waals surface area (Å²) in [6, 6.07) is 19.2. The Morgan fingerprint density at radius 3 is 2.30 bits per heavy atom. The van der Waals surface area contributed by atoms with Crippen molar-refractivity contribution in [1.82, 2.24) is 24.8 Å². The van der Waals surface area contributed by atoms with Gasteiger partial charge < -0.3 is 14.9 Å². The molecule has 1 aliphatic rings. The lowest BCUT2D eigenvalue weighted by molar-refractivity contribution is 0.0942. The van der Waals surface area contributed by atoms with Crippen LogP contribution in [-0.2, 0) is 20.1 Å². The molecule has 0 radical (unpaired) electrons. The van der Waals surface area contributed by atoms with Crippen LogP contribution in [0.15, 0.2) is 77.9 Å². The van der Waals surface area contributed by atoms with Gasteiger partial charge in [0.25, 0.3) is 11.5 Å². The number of aryl methyl sites for hydroxylation is 1. The number of hydrogen-bond acceptors (Lipinski definition) is 4. The Labute approximate surface area is 191 Å². The van der Waals surface area contributed by atoms with E-state index < -0.39 is 5.56 Å². The maximum absolute atomic E-state index is 13.1. The summed E-state index contributed by atoms with van der Waals surface area (Å²) in [7, 11) is 3.91. The Morgan fingerprint density at radius 2 is 1.70 bits per heavy atom. The number of nitrogens with one attached hydrogen (secondary N) is 2. The molecule has 0 aliphatic heterocycles. The van der Waals surface area contributed by atoms with Gasteiger partial charge in [0.15, 0.2) is 0 Å². The van der Waals surface area contributed by atoms with Crippen molar-refractivity contribution < 1.29 is 4.79 Å². The molecule has 7 heteroatoms. The van der Waals surface area contributed by atoms with Gasteiger partial charge in [-0.25, -0.2) is 4.98 Å². The van der Waals surface area contributed by atoms with Crippen LogP contribution in [0, 0.1) is 0 Å². The van der Waals surface area contributed by atoms with E-state index in [2.05, 4.69) is 32.3 Å². The van der Waals surface area contributed by atoms with E-state index in [-0.39, 0.29) is 17.5 Å². The molecule has 5 rings (SSSR count). The van der Waals surface area contributed by atoms with E-state index in [1.54, 1.807) is 18.3 Å². The molecular formula is C26H25N5O2. The number of carbonyl (C=O) groups is 1. The zero-order chi connectivity index (χ0) is 22.9. The molecule has 2 aromatic heterocycles. The summed E-state index contributed by atoms with van der Waals surface area (Å²) in [5.74, 6) is 0.550. The summed E-state index contributed by atoms with van der Waals surface area (Å²) in [6.45, 7) is 1.18. The number of hydrogen-bond donors (Lipinski definition) is 2. The summed E-state index contributed by atoms with van der Waals surface area (Å²) in [5.41, 5.74) is 4.75. The zero-order valence-corrected chi connectivity index (χ0v) is 18.6. The Hall–Kier alpha value is -3.97. The van der Waals surface area contributed by atoms with Gasteiger partial charge in [0.1, 0.15) is 11.4 Å². The second kappa shape index (κ2) is 8.52. The molecule has 0 saturated carbocycles. The highest BCUT2D eigenvalue weighted by Crippen LogP contribution is 2.43. The van der Waals surface area contributed by atoms with Crippen molar-refractivity contribution in [3.63, 3.8) is 0 Å². The third-order valence-corrected chi connectivity index (χ3v) is 6.10. The molecule has 0 bridgehead atoms. The predicted molar refractivity (Wildman–Crippen MR) is 127 cm³/mol. The van der Waals surface area contributed by atoms with Crippen LogP contribution < -0.4 is 10.9 Å². The number of nitrogens with zero attached hydrogens (tertiary/aromatic N) is 3. The first-order valence-electron chi connectivity index (χ1n) is 10.9. The summed E-state index contributed by atoms with van der Waals surface area (Å²) in [6.07, 6.45) is 3.67. The first-order valence-corrected chi connectivity index (χ1v) is 10.9. The lowest BCUT2D eigenvalue weighted by atomic mass is 10.0. The molecule has 0 atom stereocenters. The molecule has 0 spiro atoms. The van der Waals surface area contributed by atoms with Crippen LogP contribution in [0.4, 0.5) is 0 Å². The molecule has 2 aromatic carbocycles. The van der Waals surface area contributed by atoms with E-state index in [4.69, 9.17) is 0 Å². The zero-order valence-electron chi connectivity index (χ0n) is 18.6. The minimum absolute atomic E-state index is 0.104. The smallest absolute Gasteiger partial charge is 0.261 e. The fraction of sp³-hybridized carbons (Fsp3) is 0.192. The maximum Gasteiger partial charge on any atom is 0.261 e. The monoisotopic (exact) mass is 439 g/mol. The molecule has 0 saturated heterocycles. The maximum atomic E-state index is 13.1. The molecule has 0 unspecified atom stereocenters. The van der Waals surface area contributed by atoms with Crippen molar-refractivity contribution in [3.05, 3.63) is 112 Å². The fourth-order valence-electron chi connectivity index (χ4n) is 4.44. The van der Waals surface area contributed by atoms with Crippen molar-refractivity contribution in [2.75, 3.05) is 7.05 Å². The number of amides is 1. The van der Waals surface area contributed by atoms with Gasteiger partial charge in [-0.05, 0) is 41.4 Å². The van der Waals surface area contributed by atoms with E-state index in [9.17, 15) is 9.59 Å². The Morgan fingerprint density at radius 1 is 1.03 bits per heavy atom. The molecule has 0 fully saturated rings. The molecule has 1 aliphatic carbocycles. The number of fused-ring (bicyclic) bond motifs is 3. The molecule has 2 N–H and O–H groups in total. The number of carbonyl (C=O) groups excluding carboxylic acids is 1. The third kappa shape index (κ3) is 3.99. The van der Waals surface area contributed by atoms with E-state index in [0.717, 1.165) is 33.8 Å². The first kappa shape index (κ1) is 20.9. The quantitative estimate of drug-likeness (QED) is 0.483. The highest BCUT2D eigenvalue weighted by molar-refractivity contribution is 5.95. The van der Waals surface area contributed by atoms with Crippen molar-refractivity contribution in [1.29, 1.82) is 0 Å². The highest BCUT2D eigenvalue weighted by atomic mass is 16.2. The van der Waals surface area contributed by atoms with Gasteiger partial charge in [-0.3, -0.25) is 14.5 Å². The van der Waals surface area contributed by atoms with Crippen LogP contribution in [0.5, 0.6) is 0 Å². The van der Waals surface area contributed by atoms with Crippen molar-refractivity contribution >= 4 is 5.91 Å². The minimum atomic E-state index is -0.394. The van der Waals surface area contributed by atoms with E-state index in [0.29, 0.717) is 13.1 Å². The Kier molecular flexibility index (Phi) is 5.40. The lowest BCUT2D eigenvalue weighted by Gasteiger charge is -2.17. The van der Waals surface area contributed by atoms with Crippen molar-refractivity contribution in [2.45, 2.75) is 19.1 Å². The van der Waals surface area contributed by atoms with Crippen LogP contribution in [0.1, 0.15) is 39.0 Å². The van der Waals surface area contributed by atoms with Gasteiger partial charge in [-0.15, -0.1) is 0 Å². The molecule has 2 heterocycles. The van der Waals surface area contributed by atoms with Crippen LogP contribution in [-0.4, -0.2) is 32.4 Å². The topological polar surface area (TPSA) is 83.0 Å². The molecule has 1 amide bonds. The largest absolute Gasteiger partial charge is 0.341 e. The average Bonchev–Trinajstić information content (AvgIpc) is 3.35. The number of aromatic amines is 1. The Bertz CT molecular complexity index is 1340. The molecule has 4 aromatic rings. The predicted octanol–water partition coefficient (Wildman–Crippen LogP) is 3.24. The molecule has 166 valence electrons. The molecule has 33 heavy (non-hydrogen) atoms. The highest BCUT2D eigenvalue weighted by Gasteiger charge is 2.29. The van der Waals surface area contributed by atoms with E-state index >= 15 is 0 Å². The van der Waals surface area contributed by atoms with Gasteiger partial charge in [-0.2, -0.15) is 0 Å². The second-order valence-electron chi connectivity index (χ2n) is 8.43. The summed E-state index contributed by atoms with van der Waals surface area (Å²) >= 11 is 0. The van der Waals surface area contributed by atoms with Gasteiger partial charge in [0.2, 0.25) is 0 Å². The first-order chi connectivity index (χ1) is 16.0. The average molecular weight is 440 g/mol. The second-order valence-corrected chi connectivity index (χ2v) is 8.43. The van der Waals surface area contributed by atoms with Gasteiger partial charge in [-0.1, -0.05) is 48.5 Å². The minimum Gasteiger partial charge on any atom is -0.341 e. The number of benzene rings is 2. The lowest BCUT2D eigenvalue weighted by Crippen LogP contribution is -2.33. The normalized spacial score (nSPS) is 12.6. The van der Waals surface area contributed by atoms with Crippen molar-refractivity contribution in [2.24, 2.45) is 7.05 Å². The van der Waals surface area contributed by atoms with Crippen LogP contribution in [0.2, 0.25) is 0 Å². The van der Waals surface area contributed by atoms with E-state index in [1.807, 2.05) is 61.3 Å². The standard InChI is InChI=1S/C26H25N5O2/c1-30(16-23-27-13-14-31(23)2)15-17-11-12-22(25(32)28-17)26(33)29-24-20-9-5-3-7-18(20)19-8-4-6-10-21(19)24/h3-14,24H,15-16H2,1-2H3,(H,28,32)(H,29,33). The molecular weight excluding hydrogens is 414 g/mol. The SMILES string of the molecule is CN(Cc1ccc(C(=O)NC2c3ccccc3-c3ccccc32)c(=O)[nH]1)Cc1nccn1C. The number of H-pyrrole nitrogens is 1. The summed E-state index contributed by atoms with van der Waals surface area (Å²) < 4.78 is 1.96. The van der Waals surface area contributed by atoms with E-state index in [1.165, 1.54) is 0 Å². The van der Waals surface area contributed by atoms with Gasteiger partial charge >= 0.3 is 0 Å². The Balaban J connectivity index is 1.33. The van der Waals surface area contributed by atoms with Crippen molar-refractivity contribution in [3.8, 4) is 11.1 Å². The van der Waals surface area contributed by atoms with Gasteiger partial charge in [0, 0.05) is 31.7 Å². The summed E-state index contributed by atoms with van der Waals surface area (Å²) in [5, 5.41) is 3.06. The van der Waals surface area contributed by atoms with Crippen LogP contribution in [0.25, 0.3) is 11.1 Å². The number of imidazole rings is 1. The van der Waals surface area contributed by atoms with Crippen LogP contribution in [0.3, 0.4) is 0 Å². The van der Waals surface area contributed by atoms with Crippen LogP contribution >= 0.6 is 0 Å². The number of aromatic nitrogens is 3. The van der Waals surface area contributed by atoms with Gasteiger partial charge in [0.05, 0.1) is 12.6 Å². The number of rotatable bonds is 6. The fourth-order valence-corrected chi connectivity index (χ4v) is 4.44. The summed E-state index contributed by atoms with van der Waals surface area (Å²) in [4.78, 5) is 35.1. The molecule has 7 nitrogen and oxygen atoms in total. The third-order valence-electron chi connectivity index (χ3n) is 6.10.